The molecular weight excluding hydrogens is 184 g/mol. The van der Waals surface area contributed by atoms with Crippen LogP contribution in [0.2, 0.25) is 0 Å². The molecule has 2 N–H and O–H groups in total. The van der Waals surface area contributed by atoms with Crippen molar-refractivity contribution in [3.63, 3.8) is 0 Å². The van der Waals surface area contributed by atoms with Gasteiger partial charge in [-0.05, 0) is 30.9 Å². The first-order chi connectivity index (χ1) is 6.68. The summed E-state index contributed by atoms with van der Waals surface area (Å²) in [5.41, 5.74) is 6.37. The van der Waals surface area contributed by atoms with Gasteiger partial charge in [0.2, 0.25) is 0 Å². The average Bonchev–Trinajstić information content (AvgIpc) is 2.64. The fourth-order valence-corrected chi connectivity index (χ4v) is 1.72. The van der Waals surface area contributed by atoms with E-state index >= 15 is 0 Å². The Morgan fingerprint density at radius 2 is 1.93 bits per heavy atom. The van der Waals surface area contributed by atoms with Gasteiger partial charge in [-0.25, -0.2) is 8.78 Å². The minimum Gasteiger partial charge on any atom is -0.396 e. The molecule has 0 fully saturated rings. The Morgan fingerprint density at radius 3 is 2.57 bits per heavy atom. The largest absolute Gasteiger partial charge is 0.396 e. The van der Waals surface area contributed by atoms with E-state index in [2.05, 4.69) is 0 Å². The molecule has 1 aromatic rings. The summed E-state index contributed by atoms with van der Waals surface area (Å²) in [7, 11) is 0. The number of nitrogens with two attached hydrogens (primary N) is 1. The number of anilines is 1. The average molecular weight is 195 g/mol. The van der Waals surface area contributed by atoms with Gasteiger partial charge in [-0.2, -0.15) is 0 Å². The van der Waals surface area contributed by atoms with Crippen molar-refractivity contribution in [1.82, 2.24) is 0 Å². The summed E-state index contributed by atoms with van der Waals surface area (Å²) in [6.07, 6.45) is 4.73. The minimum absolute atomic E-state index is 0.134. The molecule has 0 atom stereocenters. The van der Waals surface area contributed by atoms with E-state index in [9.17, 15) is 8.78 Å². The van der Waals surface area contributed by atoms with Crippen LogP contribution in [0.3, 0.4) is 0 Å². The van der Waals surface area contributed by atoms with Gasteiger partial charge in [-0.15, -0.1) is 0 Å². The van der Waals surface area contributed by atoms with Crippen molar-refractivity contribution in [2.24, 2.45) is 0 Å². The molecule has 0 heterocycles. The fourth-order valence-electron chi connectivity index (χ4n) is 1.72. The van der Waals surface area contributed by atoms with Crippen LogP contribution in [0, 0.1) is 11.6 Å². The summed E-state index contributed by atoms with van der Waals surface area (Å²) < 4.78 is 26.5. The van der Waals surface area contributed by atoms with E-state index in [1.54, 1.807) is 0 Å². The van der Waals surface area contributed by atoms with Crippen molar-refractivity contribution in [3.8, 4) is 0 Å². The molecule has 1 aliphatic rings. The zero-order chi connectivity index (χ0) is 10.1. The molecule has 14 heavy (non-hydrogen) atoms. The topological polar surface area (TPSA) is 26.0 Å². The lowest BCUT2D eigenvalue weighted by Gasteiger charge is -2.05. The molecule has 0 saturated heterocycles. The second kappa shape index (κ2) is 3.40. The second-order valence-electron chi connectivity index (χ2n) is 3.48. The van der Waals surface area contributed by atoms with E-state index in [-0.39, 0.29) is 5.69 Å². The van der Waals surface area contributed by atoms with Crippen molar-refractivity contribution in [2.45, 2.75) is 19.3 Å². The highest BCUT2D eigenvalue weighted by Crippen LogP contribution is 2.31. The molecule has 3 heteroatoms. The van der Waals surface area contributed by atoms with Gasteiger partial charge in [0.05, 0.1) is 5.69 Å². The molecule has 74 valence electrons. The summed E-state index contributed by atoms with van der Waals surface area (Å²) >= 11 is 0. The van der Waals surface area contributed by atoms with Crippen LogP contribution in [0.15, 0.2) is 18.2 Å². The third-order valence-corrected chi connectivity index (χ3v) is 2.47. The van der Waals surface area contributed by atoms with Gasteiger partial charge in [-0.1, -0.05) is 6.08 Å². The molecule has 0 aliphatic heterocycles. The maximum Gasteiger partial charge on any atom is 0.146 e. The lowest BCUT2D eigenvalue weighted by Crippen LogP contribution is -1.96. The first-order valence-corrected chi connectivity index (χ1v) is 4.62. The van der Waals surface area contributed by atoms with E-state index < -0.39 is 11.6 Å². The van der Waals surface area contributed by atoms with Gasteiger partial charge < -0.3 is 5.73 Å². The maximum absolute atomic E-state index is 13.4. The monoisotopic (exact) mass is 195 g/mol. The third kappa shape index (κ3) is 1.50. The summed E-state index contributed by atoms with van der Waals surface area (Å²) in [5.74, 6) is -0.980. The Labute approximate surface area is 81.2 Å². The zero-order valence-corrected chi connectivity index (χ0v) is 7.69. The predicted molar refractivity (Wildman–Crippen MR) is 52.6 cm³/mol. The summed E-state index contributed by atoms with van der Waals surface area (Å²) in [4.78, 5) is 0. The maximum atomic E-state index is 13.4. The van der Waals surface area contributed by atoms with E-state index in [1.165, 1.54) is 6.07 Å². The lowest BCUT2D eigenvalue weighted by molar-refractivity contribution is 0.600. The van der Waals surface area contributed by atoms with Crippen molar-refractivity contribution in [2.75, 3.05) is 5.73 Å². The number of hydrogen-bond acceptors (Lipinski definition) is 1. The van der Waals surface area contributed by atoms with Crippen molar-refractivity contribution in [3.05, 3.63) is 35.4 Å². The van der Waals surface area contributed by atoms with Crippen LogP contribution in [0.1, 0.15) is 24.8 Å². The van der Waals surface area contributed by atoms with E-state index in [0.717, 1.165) is 30.9 Å². The Bertz CT molecular complexity index is 397. The van der Waals surface area contributed by atoms with Crippen LogP contribution < -0.4 is 5.73 Å². The Hall–Kier alpha value is -1.38. The summed E-state index contributed by atoms with van der Waals surface area (Å²) in [5, 5.41) is 0. The van der Waals surface area contributed by atoms with Crippen molar-refractivity contribution in [1.29, 1.82) is 0 Å². The van der Waals surface area contributed by atoms with E-state index in [1.807, 2.05) is 6.08 Å². The number of benzene rings is 1. The molecule has 0 saturated carbocycles. The van der Waals surface area contributed by atoms with Gasteiger partial charge in [-0.3, -0.25) is 0 Å². The molecule has 0 radical (unpaired) electrons. The highest BCUT2D eigenvalue weighted by atomic mass is 19.1. The number of rotatable bonds is 1. The minimum atomic E-state index is -0.547. The highest BCUT2D eigenvalue weighted by molar-refractivity contribution is 5.69. The molecule has 0 amide bonds. The lowest BCUT2D eigenvalue weighted by atomic mass is 10.0. The first-order valence-electron chi connectivity index (χ1n) is 4.62. The van der Waals surface area contributed by atoms with Gasteiger partial charge in [0.25, 0.3) is 0 Å². The van der Waals surface area contributed by atoms with E-state index in [4.69, 9.17) is 5.73 Å². The summed E-state index contributed by atoms with van der Waals surface area (Å²) in [6.45, 7) is 0. The van der Waals surface area contributed by atoms with Gasteiger partial charge in [0.1, 0.15) is 11.6 Å². The fraction of sp³-hybridized carbons (Fsp3) is 0.273. The molecule has 0 aromatic heterocycles. The second-order valence-corrected chi connectivity index (χ2v) is 3.48. The molecule has 1 aliphatic carbocycles. The van der Waals surface area contributed by atoms with E-state index in [0.29, 0.717) is 5.56 Å². The molecular formula is C11H11F2N. The SMILES string of the molecule is Nc1cc(F)c(C2=CCCC2)cc1F. The van der Waals surface area contributed by atoms with Gasteiger partial charge >= 0.3 is 0 Å². The van der Waals surface area contributed by atoms with Crippen LogP contribution in [0.5, 0.6) is 0 Å². The van der Waals surface area contributed by atoms with Gasteiger partial charge in [0, 0.05) is 11.6 Å². The van der Waals surface area contributed by atoms with Crippen LogP contribution in [0.4, 0.5) is 14.5 Å². The number of halogens is 2. The van der Waals surface area contributed by atoms with Crippen LogP contribution in [-0.4, -0.2) is 0 Å². The molecule has 0 bridgehead atoms. The quantitative estimate of drug-likeness (QED) is 0.684. The normalized spacial score (nSPS) is 15.7. The van der Waals surface area contributed by atoms with Crippen LogP contribution in [-0.2, 0) is 0 Å². The first kappa shape index (κ1) is 9.19. The number of hydrogen-bond donors (Lipinski definition) is 1. The Balaban J connectivity index is 2.47. The standard InChI is InChI=1S/C11H11F2N/c12-9-6-11(14)10(13)5-8(9)7-3-1-2-4-7/h3,5-6H,1-2,4,14H2. The molecule has 0 spiro atoms. The smallest absolute Gasteiger partial charge is 0.146 e. The molecule has 0 unspecified atom stereocenters. The molecule has 2 rings (SSSR count). The third-order valence-electron chi connectivity index (χ3n) is 2.47. The zero-order valence-electron chi connectivity index (χ0n) is 7.69. The Kier molecular flexibility index (Phi) is 2.23. The summed E-state index contributed by atoms with van der Waals surface area (Å²) in [6, 6.07) is 2.23. The molecule has 1 aromatic carbocycles. The Morgan fingerprint density at radius 1 is 1.14 bits per heavy atom. The predicted octanol–water partition coefficient (Wildman–Crippen LogP) is 3.11. The number of nitrogen functional groups attached to an aromatic ring is 1. The van der Waals surface area contributed by atoms with Crippen molar-refractivity contribution < 1.29 is 8.78 Å². The van der Waals surface area contributed by atoms with Crippen molar-refractivity contribution >= 4 is 11.3 Å². The van der Waals surface area contributed by atoms with Crippen LogP contribution in [0.25, 0.3) is 5.57 Å². The number of allylic oxidation sites excluding steroid dienone is 2. The highest BCUT2D eigenvalue weighted by Gasteiger charge is 2.14. The molecule has 1 nitrogen and oxygen atoms in total. The van der Waals surface area contributed by atoms with Gasteiger partial charge in [0.15, 0.2) is 0 Å². The van der Waals surface area contributed by atoms with Crippen LogP contribution >= 0.6 is 0 Å².